The van der Waals surface area contributed by atoms with Gasteiger partial charge >= 0.3 is 13.5 Å². The number of thiophene rings is 1. The first kappa shape index (κ1) is 22.9. The van der Waals surface area contributed by atoms with Crippen molar-refractivity contribution in [3.05, 3.63) is 63.0 Å². The highest BCUT2D eigenvalue weighted by Crippen LogP contribution is 2.48. The molecule has 0 saturated carbocycles. The number of rotatable bonds is 8. The summed E-state index contributed by atoms with van der Waals surface area (Å²) in [7, 11) is -2.22. The molecule has 0 amide bonds. The first-order chi connectivity index (χ1) is 13.5. The summed E-state index contributed by atoms with van der Waals surface area (Å²) in [6, 6.07) is 7.11. The Morgan fingerprint density at radius 2 is 1.93 bits per heavy atom. The van der Waals surface area contributed by atoms with Gasteiger partial charge in [0.1, 0.15) is 4.88 Å². The first-order valence-corrected chi connectivity index (χ1v) is 11.2. The normalized spacial score (nSPS) is 14.0. The molecule has 2 aromatic rings. The van der Waals surface area contributed by atoms with E-state index in [-0.39, 0.29) is 10.6 Å². The van der Waals surface area contributed by atoms with Gasteiger partial charge in [0.15, 0.2) is 0 Å². The molecule has 156 valence electrons. The SMILES string of the molecule is C=C(C)/C(=C(/C)NN)c1cc(NP(=O)(OC)c2ccc(C)cc2C)c(C(=O)O)s1. The average molecular weight is 435 g/mol. The van der Waals surface area contributed by atoms with Crippen molar-refractivity contribution in [1.82, 2.24) is 5.43 Å². The van der Waals surface area contributed by atoms with E-state index in [9.17, 15) is 14.5 Å². The van der Waals surface area contributed by atoms with Crippen LogP contribution in [-0.4, -0.2) is 18.2 Å². The Morgan fingerprint density at radius 3 is 2.41 bits per heavy atom. The minimum absolute atomic E-state index is 0.0191. The summed E-state index contributed by atoms with van der Waals surface area (Å²) in [5.74, 6) is 4.41. The molecule has 1 aromatic heterocycles. The van der Waals surface area contributed by atoms with Crippen molar-refractivity contribution in [2.45, 2.75) is 27.7 Å². The van der Waals surface area contributed by atoms with Gasteiger partial charge in [0, 0.05) is 23.3 Å². The van der Waals surface area contributed by atoms with E-state index in [0.29, 0.717) is 21.5 Å². The minimum atomic E-state index is -3.56. The van der Waals surface area contributed by atoms with Gasteiger partial charge in [-0.25, -0.2) is 4.79 Å². The largest absolute Gasteiger partial charge is 0.477 e. The summed E-state index contributed by atoms with van der Waals surface area (Å²) < 4.78 is 18.9. The zero-order chi connectivity index (χ0) is 21.9. The van der Waals surface area contributed by atoms with E-state index >= 15 is 0 Å². The molecule has 1 aromatic carbocycles. The van der Waals surface area contributed by atoms with Gasteiger partial charge in [-0.1, -0.05) is 24.3 Å². The van der Waals surface area contributed by atoms with Crippen molar-refractivity contribution < 1.29 is 19.0 Å². The van der Waals surface area contributed by atoms with Gasteiger partial charge in [-0.3, -0.25) is 10.4 Å². The molecular formula is C20H26N3O4PS. The predicted octanol–water partition coefficient (Wildman–Crippen LogP) is 4.41. The second kappa shape index (κ2) is 8.97. The topological polar surface area (TPSA) is 114 Å². The van der Waals surface area contributed by atoms with E-state index in [1.54, 1.807) is 26.0 Å². The number of anilines is 1. The molecule has 29 heavy (non-hydrogen) atoms. The van der Waals surface area contributed by atoms with Gasteiger partial charge in [-0.15, -0.1) is 11.3 Å². The molecule has 0 bridgehead atoms. The Kier molecular flexibility index (Phi) is 7.08. The monoisotopic (exact) mass is 435 g/mol. The molecule has 0 spiro atoms. The van der Waals surface area contributed by atoms with E-state index in [1.165, 1.54) is 7.11 Å². The fraction of sp³-hybridized carbons (Fsp3) is 0.250. The van der Waals surface area contributed by atoms with Crippen molar-refractivity contribution in [3.8, 4) is 0 Å². The molecule has 9 heteroatoms. The third-order valence-electron chi connectivity index (χ3n) is 4.39. The number of hydrogen-bond acceptors (Lipinski definition) is 6. The third-order valence-corrected chi connectivity index (χ3v) is 7.71. The summed E-state index contributed by atoms with van der Waals surface area (Å²) in [6.45, 7) is 11.3. The van der Waals surface area contributed by atoms with Gasteiger partial charge in [0.2, 0.25) is 0 Å². The van der Waals surface area contributed by atoms with E-state index < -0.39 is 13.5 Å². The number of aromatic carboxylic acids is 1. The van der Waals surface area contributed by atoms with E-state index in [2.05, 4.69) is 17.1 Å². The number of hydrazine groups is 1. The van der Waals surface area contributed by atoms with Crippen LogP contribution in [0.15, 0.2) is 42.1 Å². The first-order valence-electron chi connectivity index (χ1n) is 8.76. The molecule has 0 aliphatic heterocycles. The molecule has 2 rings (SSSR count). The highest BCUT2D eigenvalue weighted by atomic mass is 32.1. The Labute approximate surface area is 174 Å². The lowest BCUT2D eigenvalue weighted by Gasteiger charge is -2.20. The van der Waals surface area contributed by atoms with Crippen LogP contribution in [0.5, 0.6) is 0 Å². The number of nitrogens with one attached hydrogen (secondary N) is 2. The van der Waals surface area contributed by atoms with E-state index in [0.717, 1.165) is 28.0 Å². The average Bonchev–Trinajstić information content (AvgIpc) is 3.04. The summed E-state index contributed by atoms with van der Waals surface area (Å²) in [6.07, 6.45) is 0. The smallest absolute Gasteiger partial charge is 0.348 e. The van der Waals surface area contributed by atoms with E-state index in [4.69, 9.17) is 10.4 Å². The molecule has 1 heterocycles. The van der Waals surface area contributed by atoms with Gasteiger partial charge in [-0.2, -0.15) is 0 Å². The quantitative estimate of drug-likeness (QED) is 0.210. The maximum atomic E-state index is 13.6. The number of aryl methyl sites for hydroxylation is 2. The van der Waals surface area contributed by atoms with Crippen LogP contribution < -0.4 is 21.7 Å². The van der Waals surface area contributed by atoms with Crippen molar-refractivity contribution >= 4 is 41.4 Å². The van der Waals surface area contributed by atoms with Crippen molar-refractivity contribution in [2.75, 3.05) is 12.2 Å². The van der Waals surface area contributed by atoms with Crippen LogP contribution in [0, 0.1) is 13.8 Å². The van der Waals surface area contributed by atoms with Crippen LogP contribution in [0.4, 0.5) is 5.69 Å². The molecule has 0 aliphatic carbocycles. The zero-order valence-electron chi connectivity index (χ0n) is 17.1. The summed E-state index contributed by atoms with van der Waals surface area (Å²) in [4.78, 5) is 12.5. The second-order valence-corrected chi connectivity index (χ2v) is 9.94. The summed E-state index contributed by atoms with van der Waals surface area (Å²) >= 11 is 1.05. The molecular weight excluding hydrogens is 409 g/mol. The zero-order valence-corrected chi connectivity index (χ0v) is 18.8. The van der Waals surface area contributed by atoms with Crippen LogP contribution in [0.2, 0.25) is 0 Å². The van der Waals surface area contributed by atoms with Crippen LogP contribution in [-0.2, 0) is 9.09 Å². The maximum Gasteiger partial charge on any atom is 0.348 e. The molecule has 0 saturated heterocycles. The summed E-state index contributed by atoms with van der Waals surface area (Å²) in [5.41, 5.74) is 6.68. The molecule has 1 unspecified atom stereocenters. The van der Waals surface area contributed by atoms with E-state index in [1.807, 2.05) is 26.0 Å². The number of benzene rings is 1. The van der Waals surface area contributed by atoms with Crippen molar-refractivity contribution in [1.29, 1.82) is 0 Å². The Balaban J connectivity index is 2.62. The van der Waals surface area contributed by atoms with Crippen LogP contribution in [0.1, 0.15) is 39.5 Å². The number of carboxylic acid groups (broad SMARTS) is 1. The van der Waals surface area contributed by atoms with Crippen molar-refractivity contribution in [2.24, 2.45) is 5.84 Å². The standard InChI is InChI=1S/C20H26N3O4PS/c1-11(2)18(14(5)22-21)17-10-15(19(29-17)20(24)25)23-28(26,27-6)16-8-7-12(3)9-13(16)4/h7-10,22H,1,21H2,2-6H3,(H,23,26)(H,24,25)/b18-14+. The minimum Gasteiger partial charge on any atom is -0.477 e. The Hall–Kier alpha value is -2.38. The molecule has 1 atom stereocenters. The number of carboxylic acids is 1. The lowest BCUT2D eigenvalue weighted by Crippen LogP contribution is -2.20. The Morgan fingerprint density at radius 1 is 1.28 bits per heavy atom. The van der Waals surface area contributed by atoms with Gasteiger partial charge < -0.3 is 20.1 Å². The van der Waals surface area contributed by atoms with Gasteiger partial charge in [0.25, 0.3) is 0 Å². The number of allylic oxidation sites excluding steroid dienone is 3. The highest BCUT2D eigenvalue weighted by Gasteiger charge is 2.30. The molecule has 0 fully saturated rings. The predicted molar refractivity (Wildman–Crippen MR) is 120 cm³/mol. The van der Waals surface area contributed by atoms with Crippen LogP contribution >= 0.6 is 18.9 Å². The molecule has 0 aliphatic rings. The van der Waals surface area contributed by atoms with Crippen LogP contribution in [0.25, 0.3) is 5.57 Å². The number of hydrogen-bond donors (Lipinski definition) is 4. The van der Waals surface area contributed by atoms with Crippen molar-refractivity contribution in [3.63, 3.8) is 0 Å². The molecule has 0 radical (unpaired) electrons. The molecule has 5 N–H and O–H groups in total. The fourth-order valence-electron chi connectivity index (χ4n) is 3.04. The highest BCUT2D eigenvalue weighted by molar-refractivity contribution is 7.68. The second-order valence-electron chi connectivity index (χ2n) is 6.72. The van der Waals surface area contributed by atoms with Gasteiger partial charge in [-0.05, 0) is 51.0 Å². The summed E-state index contributed by atoms with van der Waals surface area (Å²) in [5, 5.41) is 13.0. The number of carbonyl (C=O) groups is 1. The maximum absolute atomic E-state index is 13.6. The Bertz CT molecular complexity index is 1040. The third kappa shape index (κ3) is 4.79. The lowest BCUT2D eigenvalue weighted by molar-refractivity contribution is 0.0703. The number of nitrogens with two attached hydrogens (primary N) is 1. The van der Waals surface area contributed by atoms with Gasteiger partial charge in [0.05, 0.1) is 11.0 Å². The van der Waals surface area contributed by atoms with Crippen LogP contribution in [0.3, 0.4) is 0 Å². The fourth-order valence-corrected chi connectivity index (χ4v) is 5.95. The molecule has 7 nitrogen and oxygen atoms in total. The lowest BCUT2D eigenvalue weighted by atomic mass is 10.1.